The normalized spacial score (nSPS) is 20.8. The van der Waals surface area contributed by atoms with Crippen molar-refractivity contribution in [2.45, 2.75) is 46.0 Å². The van der Waals surface area contributed by atoms with E-state index in [4.69, 9.17) is 5.73 Å². The van der Waals surface area contributed by atoms with Crippen LogP contribution in [0.1, 0.15) is 46.0 Å². The molecule has 1 fully saturated rings. The minimum atomic E-state index is 0.305. The van der Waals surface area contributed by atoms with Crippen molar-refractivity contribution < 1.29 is 0 Å². The molecule has 1 atom stereocenters. The van der Waals surface area contributed by atoms with E-state index in [1.54, 1.807) is 0 Å². The third kappa shape index (κ3) is 4.43. The van der Waals surface area contributed by atoms with Gasteiger partial charge in [-0.15, -0.1) is 0 Å². The van der Waals surface area contributed by atoms with E-state index in [2.05, 4.69) is 19.2 Å². The van der Waals surface area contributed by atoms with E-state index in [0.29, 0.717) is 5.41 Å². The molecule has 0 aromatic heterocycles. The lowest BCUT2D eigenvalue weighted by Crippen LogP contribution is -2.37. The molecule has 1 unspecified atom stereocenters. The Hall–Kier alpha value is -0.0800. The summed E-state index contributed by atoms with van der Waals surface area (Å²) < 4.78 is 0. The smallest absolute Gasteiger partial charge is 0.00171 e. The lowest BCUT2D eigenvalue weighted by atomic mass is 9.88. The molecule has 0 spiro atoms. The third-order valence-corrected chi connectivity index (χ3v) is 3.56. The second-order valence-corrected chi connectivity index (χ2v) is 5.13. The first-order valence-electron chi connectivity index (χ1n) is 6.11. The molecule has 0 radical (unpaired) electrons. The van der Waals surface area contributed by atoms with E-state index >= 15 is 0 Å². The highest BCUT2D eigenvalue weighted by atomic mass is 14.9. The van der Waals surface area contributed by atoms with Crippen molar-refractivity contribution in [2.75, 3.05) is 19.6 Å². The summed E-state index contributed by atoms with van der Waals surface area (Å²) in [6.07, 6.45) is 6.90. The Bertz CT molecular complexity index is 148. The second-order valence-electron chi connectivity index (χ2n) is 5.13. The van der Waals surface area contributed by atoms with Gasteiger partial charge in [-0.25, -0.2) is 0 Å². The van der Waals surface area contributed by atoms with Gasteiger partial charge in [0.1, 0.15) is 0 Å². The maximum atomic E-state index is 5.75. The van der Waals surface area contributed by atoms with Gasteiger partial charge in [0, 0.05) is 6.54 Å². The zero-order valence-corrected chi connectivity index (χ0v) is 9.81. The summed E-state index contributed by atoms with van der Waals surface area (Å²) in [5, 5.41) is 3.53. The van der Waals surface area contributed by atoms with Crippen molar-refractivity contribution >= 4 is 0 Å². The van der Waals surface area contributed by atoms with E-state index < -0.39 is 0 Å². The highest BCUT2D eigenvalue weighted by molar-refractivity contribution is 4.77. The molecule has 1 saturated carbocycles. The summed E-state index contributed by atoms with van der Waals surface area (Å²) in [5.41, 5.74) is 6.06. The summed E-state index contributed by atoms with van der Waals surface area (Å²) in [7, 11) is 0. The SMILES string of the molecule is CCC(C)(CN)CNCCCC1CC1. The first-order chi connectivity index (χ1) is 6.70. The zero-order chi connectivity index (χ0) is 10.4. The van der Waals surface area contributed by atoms with Crippen LogP contribution >= 0.6 is 0 Å². The van der Waals surface area contributed by atoms with Gasteiger partial charge in [0.15, 0.2) is 0 Å². The Morgan fingerprint density at radius 1 is 1.43 bits per heavy atom. The Kier molecular flexibility index (Phi) is 4.90. The van der Waals surface area contributed by atoms with Crippen molar-refractivity contribution in [2.24, 2.45) is 17.1 Å². The first-order valence-corrected chi connectivity index (χ1v) is 6.11. The molecule has 3 N–H and O–H groups in total. The predicted molar refractivity (Wildman–Crippen MR) is 62.3 cm³/mol. The van der Waals surface area contributed by atoms with Gasteiger partial charge >= 0.3 is 0 Å². The minimum absolute atomic E-state index is 0.305. The predicted octanol–water partition coefficient (Wildman–Crippen LogP) is 2.14. The van der Waals surface area contributed by atoms with Crippen LogP contribution < -0.4 is 11.1 Å². The fraction of sp³-hybridized carbons (Fsp3) is 1.00. The van der Waals surface area contributed by atoms with E-state index in [1.165, 1.54) is 38.6 Å². The average Bonchev–Trinajstić information content (AvgIpc) is 3.01. The average molecular weight is 198 g/mol. The van der Waals surface area contributed by atoms with Gasteiger partial charge in [0.25, 0.3) is 0 Å². The monoisotopic (exact) mass is 198 g/mol. The van der Waals surface area contributed by atoms with Crippen molar-refractivity contribution in [3.8, 4) is 0 Å². The first kappa shape index (κ1) is 12.0. The molecule has 2 heteroatoms. The van der Waals surface area contributed by atoms with Gasteiger partial charge in [0.2, 0.25) is 0 Å². The number of nitrogens with two attached hydrogens (primary N) is 1. The fourth-order valence-electron chi connectivity index (χ4n) is 1.65. The summed E-state index contributed by atoms with van der Waals surface area (Å²) >= 11 is 0. The number of hydrogen-bond acceptors (Lipinski definition) is 2. The lowest BCUT2D eigenvalue weighted by Gasteiger charge is -2.26. The van der Waals surface area contributed by atoms with Crippen LogP contribution in [0.3, 0.4) is 0 Å². The van der Waals surface area contributed by atoms with Crippen LogP contribution in [0, 0.1) is 11.3 Å². The van der Waals surface area contributed by atoms with E-state index in [1.807, 2.05) is 0 Å². The zero-order valence-electron chi connectivity index (χ0n) is 9.81. The van der Waals surface area contributed by atoms with Crippen LogP contribution in [0.2, 0.25) is 0 Å². The topological polar surface area (TPSA) is 38.0 Å². The largest absolute Gasteiger partial charge is 0.330 e. The van der Waals surface area contributed by atoms with Crippen LogP contribution in [-0.2, 0) is 0 Å². The maximum absolute atomic E-state index is 5.75. The Morgan fingerprint density at radius 2 is 2.14 bits per heavy atom. The summed E-state index contributed by atoms with van der Waals surface area (Å²) in [6, 6.07) is 0. The fourth-order valence-corrected chi connectivity index (χ4v) is 1.65. The van der Waals surface area contributed by atoms with Gasteiger partial charge in [-0.05, 0) is 43.7 Å². The quantitative estimate of drug-likeness (QED) is 0.586. The molecule has 0 aromatic carbocycles. The maximum Gasteiger partial charge on any atom is 0.00171 e. The Balaban J connectivity index is 1.95. The molecule has 0 heterocycles. The molecule has 0 amide bonds. The van der Waals surface area contributed by atoms with E-state index in [-0.39, 0.29) is 0 Å². The van der Waals surface area contributed by atoms with Crippen LogP contribution in [-0.4, -0.2) is 19.6 Å². The van der Waals surface area contributed by atoms with Crippen molar-refractivity contribution in [3.63, 3.8) is 0 Å². The summed E-state index contributed by atoms with van der Waals surface area (Å²) in [4.78, 5) is 0. The standard InChI is InChI=1S/C12H26N2/c1-3-12(2,9-13)10-14-8-4-5-11-6-7-11/h11,14H,3-10,13H2,1-2H3. The number of hydrogen-bond donors (Lipinski definition) is 2. The number of rotatable bonds is 8. The van der Waals surface area contributed by atoms with Gasteiger partial charge < -0.3 is 11.1 Å². The van der Waals surface area contributed by atoms with E-state index in [0.717, 1.165) is 19.0 Å². The number of nitrogens with one attached hydrogen (secondary N) is 1. The van der Waals surface area contributed by atoms with Crippen molar-refractivity contribution in [3.05, 3.63) is 0 Å². The van der Waals surface area contributed by atoms with Gasteiger partial charge in [0.05, 0.1) is 0 Å². The van der Waals surface area contributed by atoms with E-state index in [9.17, 15) is 0 Å². The molecule has 0 aromatic rings. The molecule has 0 saturated heterocycles. The molecule has 1 aliphatic carbocycles. The second kappa shape index (κ2) is 5.72. The van der Waals surface area contributed by atoms with Crippen molar-refractivity contribution in [1.29, 1.82) is 0 Å². The molecule has 0 aliphatic heterocycles. The molecular formula is C12H26N2. The lowest BCUT2D eigenvalue weighted by molar-refractivity contribution is 0.302. The minimum Gasteiger partial charge on any atom is -0.330 e. The van der Waals surface area contributed by atoms with Crippen molar-refractivity contribution in [1.82, 2.24) is 5.32 Å². The molecule has 14 heavy (non-hydrogen) atoms. The Morgan fingerprint density at radius 3 is 2.64 bits per heavy atom. The van der Waals surface area contributed by atoms with Crippen LogP contribution in [0.15, 0.2) is 0 Å². The van der Waals surface area contributed by atoms with Crippen LogP contribution in [0.25, 0.3) is 0 Å². The van der Waals surface area contributed by atoms with Crippen LogP contribution in [0.4, 0.5) is 0 Å². The highest BCUT2D eigenvalue weighted by Crippen LogP contribution is 2.33. The van der Waals surface area contributed by atoms with Gasteiger partial charge in [-0.2, -0.15) is 0 Å². The summed E-state index contributed by atoms with van der Waals surface area (Å²) in [6.45, 7) is 7.52. The van der Waals surface area contributed by atoms with Crippen LogP contribution in [0.5, 0.6) is 0 Å². The third-order valence-electron chi connectivity index (χ3n) is 3.56. The van der Waals surface area contributed by atoms with Gasteiger partial charge in [-0.1, -0.05) is 26.7 Å². The molecule has 1 aliphatic rings. The Labute approximate surface area is 88.6 Å². The molecule has 1 rings (SSSR count). The molecule has 0 bridgehead atoms. The molecular weight excluding hydrogens is 172 g/mol. The van der Waals surface area contributed by atoms with Gasteiger partial charge in [-0.3, -0.25) is 0 Å². The highest BCUT2D eigenvalue weighted by Gasteiger charge is 2.21. The summed E-state index contributed by atoms with van der Waals surface area (Å²) in [5.74, 6) is 1.07. The molecule has 84 valence electrons. The molecule has 2 nitrogen and oxygen atoms in total.